The van der Waals surface area contributed by atoms with Crippen LogP contribution in [0.2, 0.25) is 0 Å². The Labute approximate surface area is 85.2 Å². The molecule has 0 saturated carbocycles. The minimum absolute atomic E-state index is 0.108. The fourth-order valence-corrected chi connectivity index (χ4v) is 1.64. The number of likely N-dealkylation sites (tertiary alicyclic amines) is 1. The van der Waals surface area contributed by atoms with E-state index in [1.807, 2.05) is 4.90 Å². The van der Waals surface area contributed by atoms with Crippen LogP contribution in [0.4, 0.5) is 0 Å². The van der Waals surface area contributed by atoms with E-state index in [0.29, 0.717) is 6.04 Å². The Morgan fingerprint density at radius 3 is 2.93 bits per heavy atom. The van der Waals surface area contributed by atoms with Crippen molar-refractivity contribution in [3.63, 3.8) is 0 Å². The van der Waals surface area contributed by atoms with E-state index in [1.165, 1.54) is 0 Å². The van der Waals surface area contributed by atoms with Crippen molar-refractivity contribution >= 4 is 5.91 Å². The van der Waals surface area contributed by atoms with Gasteiger partial charge in [0, 0.05) is 26.1 Å². The molecule has 14 heavy (non-hydrogen) atoms. The zero-order chi connectivity index (χ0) is 10.6. The van der Waals surface area contributed by atoms with Crippen LogP contribution in [0, 0.1) is 0 Å². The van der Waals surface area contributed by atoms with E-state index in [4.69, 9.17) is 9.47 Å². The second-order valence-corrected chi connectivity index (χ2v) is 3.64. The lowest BCUT2D eigenvalue weighted by atomic mass is 10.2. The average Bonchev–Trinajstić information content (AvgIpc) is 2.56. The summed E-state index contributed by atoms with van der Waals surface area (Å²) in [5.74, 6) is 0.108. The molecule has 1 amide bonds. The summed E-state index contributed by atoms with van der Waals surface area (Å²) in [6, 6.07) is 0.318. The minimum Gasteiger partial charge on any atom is -0.359 e. The Morgan fingerprint density at radius 1 is 1.64 bits per heavy atom. The predicted molar refractivity (Wildman–Crippen MR) is 52.8 cm³/mol. The van der Waals surface area contributed by atoms with E-state index in [2.05, 4.69) is 13.8 Å². The Balaban J connectivity index is 2.43. The minimum atomic E-state index is -0.288. The molecule has 2 atom stereocenters. The van der Waals surface area contributed by atoms with E-state index in [-0.39, 0.29) is 18.8 Å². The molecule has 1 aliphatic rings. The highest BCUT2D eigenvalue weighted by Gasteiger charge is 2.34. The topological polar surface area (TPSA) is 38.8 Å². The molecule has 4 heteroatoms. The fourth-order valence-electron chi connectivity index (χ4n) is 1.64. The Kier molecular flexibility index (Phi) is 4.35. The van der Waals surface area contributed by atoms with Crippen LogP contribution in [-0.4, -0.2) is 43.4 Å². The van der Waals surface area contributed by atoms with Gasteiger partial charge in [-0.1, -0.05) is 6.92 Å². The lowest BCUT2D eigenvalue weighted by molar-refractivity contribution is -0.145. The number of hydrogen-bond donors (Lipinski definition) is 0. The quantitative estimate of drug-likeness (QED) is 0.623. The summed E-state index contributed by atoms with van der Waals surface area (Å²) in [5.41, 5.74) is 0. The highest BCUT2D eigenvalue weighted by molar-refractivity contribution is 5.83. The summed E-state index contributed by atoms with van der Waals surface area (Å²) >= 11 is 0. The molecule has 0 bridgehead atoms. The van der Waals surface area contributed by atoms with E-state index in [9.17, 15) is 4.79 Å². The van der Waals surface area contributed by atoms with E-state index < -0.39 is 0 Å². The highest BCUT2D eigenvalue weighted by Crippen LogP contribution is 2.18. The zero-order valence-corrected chi connectivity index (χ0v) is 9.16. The van der Waals surface area contributed by atoms with Gasteiger partial charge in [-0.05, 0) is 13.3 Å². The molecule has 1 rings (SSSR count). The van der Waals surface area contributed by atoms with Gasteiger partial charge in [0.25, 0.3) is 5.91 Å². The largest absolute Gasteiger partial charge is 0.359 e. The molecule has 0 spiro atoms. The fraction of sp³-hybridized carbons (Fsp3) is 0.900. The number of ether oxygens (including phenoxy) is 2. The molecule has 0 aromatic rings. The number of carbonyl (C=O) groups is 1. The van der Waals surface area contributed by atoms with E-state index >= 15 is 0 Å². The zero-order valence-electron chi connectivity index (χ0n) is 9.16. The monoisotopic (exact) mass is 201 g/mol. The van der Waals surface area contributed by atoms with Gasteiger partial charge < -0.3 is 14.4 Å². The molecular formula is C10H19NO3. The van der Waals surface area contributed by atoms with Crippen molar-refractivity contribution in [3.05, 3.63) is 0 Å². The first-order valence-electron chi connectivity index (χ1n) is 5.11. The van der Waals surface area contributed by atoms with Gasteiger partial charge >= 0.3 is 0 Å². The molecule has 82 valence electrons. The standard InChI is InChI=1S/C10H19NO3/c1-4-8(2)11-6-5-9(10(11)12)14-7-13-3/h8-9H,4-7H2,1-3H3/t8?,9-/m0/s1. The molecule has 0 aromatic heterocycles. The molecule has 1 fully saturated rings. The van der Waals surface area contributed by atoms with Gasteiger partial charge in [-0.15, -0.1) is 0 Å². The summed E-state index contributed by atoms with van der Waals surface area (Å²) in [5, 5.41) is 0. The van der Waals surface area contributed by atoms with Crippen LogP contribution in [0.3, 0.4) is 0 Å². The Bertz CT molecular complexity index is 196. The van der Waals surface area contributed by atoms with Crippen molar-refractivity contribution in [1.82, 2.24) is 4.90 Å². The lowest BCUT2D eigenvalue weighted by Gasteiger charge is -2.23. The third-order valence-corrected chi connectivity index (χ3v) is 2.70. The first-order valence-corrected chi connectivity index (χ1v) is 5.11. The molecule has 1 saturated heterocycles. The van der Waals surface area contributed by atoms with Gasteiger partial charge in [0.1, 0.15) is 12.9 Å². The smallest absolute Gasteiger partial charge is 0.252 e. The maximum Gasteiger partial charge on any atom is 0.252 e. The van der Waals surface area contributed by atoms with Crippen LogP contribution in [0.5, 0.6) is 0 Å². The van der Waals surface area contributed by atoms with Crippen LogP contribution < -0.4 is 0 Å². The van der Waals surface area contributed by atoms with Gasteiger partial charge in [0.05, 0.1) is 0 Å². The predicted octanol–water partition coefficient (Wildman–Crippen LogP) is 1.01. The summed E-state index contributed by atoms with van der Waals surface area (Å²) in [4.78, 5) is 13.6. The van der Waals surface area contributed by atoms with Crippen LogP contribution in [-0.2, 0) is 14.3 Å². The first-order chi connectivity index (χ1) is 6.70. The van der Waals surface area contributed by atoms with Gasteiger partial charge in [0.15, 0.2) is 0 Å². The van der Waals surface area contributed by atoms with Gasteiger partial charge in [-0.2, -0.15) is 0 Å². The summed E-state index contributed by atoms with van der Waals surface area (Å²) < 4.78 is 10.1. The summed E-state index contributed by atoms with van der Waals surface area (Å²) in [7, 11) is 1.56. The SMILES string of the molecule is CCC(C)N1CC[C@H](OCOC)C1=O. The number of hydrogen-bond acceptors (Lipinski definition) is 3. The third-order valence-electron chi connectivity index (χ3n) is 2.70. The maximum absolute atomic E-state index is 11.8. The van der Waals surface area contributed by atoms with E-state index in [0.717, 1.165) is 19.4 Å². The second-order valence-electron chi connectivity index (χ2n) is 3.64. The number of nitrogens with zero attached hydrogens (tertiary/aromatic N) is 1. The van der Waals surface area contributed by atoms with Crippen molar-refractivity contribution in [2.24, 2.45) is 0 Å². The van der Waals surface area contributed by atoms with Crippen molar-refractivity contribution in [1.29, 1.82) is 0 Å². The molecule has 0 aliphatic carbocycles. The Morgan fingerprint density at radius 2 is 2.36 bits per heavy atom. The molecule has 0 radical (unpaired) electrons. The number of rotatable bonds is 5. The van der Waals surface area contributed by atoms with Gasteiger partial charge in [0.2, 0.25) is 0 Å². The van der Waals surface area contributed by atoms with Gasteiger partial charge in [-0.3, -0.25) is 4.79 Å². The second kappa shape index (κ2) is 5.32. The van der Waals surface area contributed by atoms with Crippen LogP contribution in [0.15, 0.2) is 0 Å². The molecular weight excluding hydrogens is 182 g/mol. The third kappa shape index (κ3) is 2.45. The van der Waals surface area contributed by atoms with Crippen LogP contribution in [0.25, 0.3) is 0 Å². The number of methoxy groups -OCH3 is 1. The van der Waals surface area contributed by atoms with E-state index in [1.54, 1.807) is 7.11 Å². The van der Waals surface area contributed by atoms with Crippen LogP contribution in [0.1, 0.15) is 26.7 Å². The molecule has 4 nitrogen and oxygen atoms in total. The van der Waals surface area contributed by atoms with Crippen molar-refractivity contribution in [2.45, 2.75) is 38.8 Å². The highest BCUT2D eigenvalue weighted by atomic mass is 16.7. The molecule has 1 aliphatic heterocycles. The summed E-state index contributed by atoms with van der Waals surface area (Å²) in [6.45, 7) is 5.16. The summed E-state index contributed by atoms with van der Waals surface area (Å²) in [6.07, 6.45) is 1.49. The number of carbonyl (C=O) groups excluding carboxylic acids is 1. The Hall–Kier alpha value is -0.610. The van der Waals surface area contributed by atoms with Crippen molar-refractivity contribution in [3.8, 4) is 0 Å². The van der Waals surface area contributed by atoms with Gasteiger partial charge in [-0.25, -0.2) is 0 Å². The van der Waals surface area contributed by atoms with Crippen LogP contribution >= 0.6 is 0 Å². The average molecular weight is 201 g/mol. The first kappa shape index (κ1) is 11.5. The molecule has 0 aromatic carbocycles. The lowest BCUT2D eigenvalue weighted by Crippen LogP contribution is -2.37. The maximum atomic E-state index is 11.8. The normalized spacial score (nSPS) is 24.4. The number of amides is 1. The van der Waals surface area contributed by atoms with Crippen molar-refractivity contribution < 1.29 is 14.3 Å². The molecule has 1 unspecified atom stereocenters. The van der Waals surface area contributed by atoms with Crippen molar-refractivity contribution in [2.75, 3.05) is 20.4 Å². The molecule has 1 heterocycles. The molecule has 0 N–H and O–H groups in total.